The molecule has 0 fully saturated rings. The minimum absolute atomic E-state index is 0.00245. The van der Waals surface area contributed by atoms with E-state index in [2.05, 4.69) is 15.6 Å². The Kier molecular flexibility index (Phi) is 4.23. The van der Waals surface area contributed by atoms with Gasteiger partial charge in [-0.15, -0.1) is 11.3 Å². The summed E-state index contributed by atoms with van der Waals surface area (Å²) in [4.78, 5) is 15.9. The fourth-order valence-corrected chi connectivity index (χ4v) is 1.80. The van der Waals surface area contributed by atoms with Crippen molar-refractivity contribution in [3.63, 3.8) is 0 Å². The third-order valence-corrected chi connectivity index (χ3v) is 2.74. The second-order valence-corrected chi connectivity index (χ2v) is 4.54. The largest absolute Gasteiger partial charge is 0.349 e. The van der Waals surface area contributed by atoms with Gasteiger partial charge in [-0.1, -0.05) is 6.92 Å². The zero-order valence-electron chi connectivity index (χ0n) is 9.33. The number of carbonyl (C=O) groups excluding carboxylic acids is 1. The van der Waals surface area contributed by atoms with Crippen molar-refractivity contribution < 1.29 is 4.79 Å². The lowest BCUT2D eigenvalue weighted by molar-refractivity contribution is -0.126. The predicted octanol–water partition coefficient (Wildman–Crippen LogP) is 1.15. The number of nitrogens with one attached hydrogen (secondary N) is 2. The third kappa shape index (κ3) is 3.60. The SMILES string of the molecule is CCNC(C)(C)C(=O)NCc1cscn1. The van der Waals surface area contributed by atoms with Crippen molar-refractivity contribution in [1.82, 2.24) is 15.6 Å². The second kappa shape index (κ2) is 5.23. The summed E-state index contributed by atoms with van der Waals surface area (Å²) in [6.07, 6.45) is 0. The van der Waals surface area contributed by atoms with Crippen LogP contribution in [0.2, 0.25) is 0 Å². The Hall–Kier alpha value is -0.940. The van der Waals surface area contributed by atoms with Gasteiger partial charge in [0, 0.05) is 5.38 Å². The summed E-state index contributed by atoms with van der Waals surface area (Å²) in [7, 11) is 0. The fraction of sp³-hybridized carbons (Fsp3) is 0.600. The number of hydrogen-bond acceptors (Lipinski definition) is 4. The molecule has 0 aliphatic carbocycles. The Morgan fingerprint density at radius 1 is 1.60 bits per heavy atom. The smallest absolute Gasteiger partial charge is 0.240 e. The van der Waals surface area contributed by atoms with E-state index in [0.717, 1.165) is 12.2 Å². The molecule has 1 rings (SSSR count). The van der Waals surface area contributed by atoms with E-state index in [4.69, 9.17) is 0 Å². The quantitative estimate of drug-likeness (QED) is 0.793. The van der Waals surface area contributed by atoms with Crippen LogP contribution < -0.4 is 10.6 Å². The molecule has 15 heavy (non-hydrogen) atoms. The summed E-state index contributed by atoms with van der Waals surface area (Å²) in [5.41, 5.74) is 2.14. The van der Waals surface area contributed by atoms with Gasteiger partial charge < -0.3 is 10.6 Å². The molecule has 0 spiro atoms. The normalized spacial score (nSPS) is 11.4. The molecule has 0 unspecified atom stereocenters. The van der Waals surface area contributed by atoms with Crippen molar-refractivity contribution in [3.8, 4) is 0 Å². The van der Waals surface area contributed by atoms with Crippen molar-refractivity contribution in [3.05, 3.63) is 16.6 Å². The maximum Gasteiger partial charge on any atom is 0.240 e. The van der Waals surface area contributed by atoms with Crippen molar-refractivity contribution in [1.29, 1.82) is 0 Å². The van der Waals surface area contributed by atoms with E-state index >= 15 is 0 Å². The molecule has 1 aromatic rings. The molecule has 0 aliphatic rings. The molecule has 0 atom stereocenters. The van der Waals surface area contributed by atoms with Crippen LogP contribution in [0.4, 0.5) is 0 Å². The number of aromatic nitrogens is 1. The van der Waals surface area contributed by atoms with E-state index in [1.165, 1.54) is 11.3 Å². The van der Waals surface area contributed by atoms with Crippen molar-refractivity contribution in [2.45, 2.75) is 32.9 Å². The van der Waals surface area contributed by atoms with Gasteiger partial charge in [-0.25, -0.2) is 4.98 Å². The lowest BCUT2D eigenvalue weighted by atomic mass is 10.0. The minimum Gasteiger partial charge on any atom is -0.349 e. The van der Waals surface area contributed by atoms with Crippen LogP contribution in [-0.4, -0.2) is 23.0 Å². The van der Waals surface area contributed by atoms with Crippen LogP contribution in [0, 0.1) is 0 Å². The van der Waals surface area contributed by atoms with E-state index in [0.29, 0.717) is 6.54 Å². The first-order valence-corrected chi connectivity index (χ1v) is 5.91. The van der Waals surface area contributed by atoms with Gasteiger partial charge in [0.1, 0.15) is 0 Å². The van der Waals surface area contributed by atoms with Crippen molar-refractivity contribution in [2.75, 3.05) is 6.54 Å². The van der Waals surface area contributed by atoms with E-state index in [9.17, 15) is 4.79 Å². The summed E-state index contributed by atoms with van der Waals surface area (Å²) in [6.45, 7) is 6.99. The molecule has 0 saturated carbocycles. The van der Waals surface area contributed by atoms with Crippen molar-refractivity contribution in [2.24, 2.45) is 0 Å². The van der Waals surface area contributed by atoms with Crippen LogP contribution in [0.1, 0.15) is 26.5 Å². The monoisotopic (exact) mass is 227 g/mol. The maximum absolute atomic E-state index is 11.8. The predicted molar refractivity (Wildman–Crippen MR) is 61.7 cm³/mol. The van der Waals surface area contributed by atoms with Gasteiger partial charge in [-0.2, -0.15) is 0 Å². The van der Waals surface area contributed by atoms with Gasteiger partial charge in [-0.05, 0) is 20.4 Å². The Morgan fingerprint density at radius 2 is 2.33 bits per heavy atom. The second-order valence-electron chi connectivity index (χ2n) is 3.82. The molecular weight excluding hydrogens is 210 g/mol. The lowest BCUT2D eigenvalue weighted by Gasteiger charge is -2.24. The standard InChI is InChI=1S/C10H17N3OS/c1-4-13-10(2,3)9(14)11-5-8-6-15-7-12-8/h6-7,13H,4-5H2,1-3H3,(H,11,14). The van der Waals surface area contributed by atoms with Gasteiger partial charge in [0.05, 0.1) is 23.3 Å². The lowest BCUT2D eigenvalue weighted by Crippen LogP contribution is -2.52. The average Bonchev–Trinajstić information content (AvgIpc) is 2.66. The fourth-order valence-electron chi connectivity index (χ4n) is 1.24. The number of hydrogen-bond donors (Lipinski definition) is 2. The molecule has 2 N–H and O–H groups in total. The van der Waals surface area contributed by atoms with Crippen LogP contribution in [0.3, 0.4) is 0 Å². The number of nitrogens with zero attached hydrogens (tertiary/aromatic N) is 1. The summed E-state index contributed by atoms with van der Waals surface area (Å²) in [6, 6.07) is 0. The molecule has 5 heteroatoms. The van der Waals surface area contributed by atoms with Gasteiger partial charge in [-0.3, -0.25) is 4.79 Å². The maximum atomic E-state index is 11.8. The van der Waals surface area contributed by atoms with Crippen molar-refractivity contribution >= 4 is 17.2 Å². The van der Waals surface area contributed by atoms with Crippen LogP contribution in [0.25, 0.3) is 0 Å². The molecule has 0 aliphatic heterocycles. The number of rotatable bonds is 5. The molecule has 1 aromatic heterocycles. The van der Waals surface area contributed by atoms with E-state index < -0.39 is 5.54 Å². The first-order valence-electron chi connectivity index (χ1n) is 4.96. The van der Waals surface area contributed by atoms with Crippen LogP contribution in [-0.2, 0) is 11.3 Å². The Bertz CT molecular complexity index is 308. The first-order chi connectivity index (χ1) is 7.06. The highest BCUT2D eigenvalue weighted by molar-refractivity contribution is 7.07. The van der Waals surface area contributed by atoms with Gasteiger partial charge in [0.15, 0.2) is 0 Å². The average molecular weight is 227 g/mol. The molecule has 0 saturated heterocycles. The zero-order chi connectivity index (χ0) is 11.3. The molecule has 1 amide bonds. The number of likely N-dealkylation sites (N-methyl/N-ethyl adjacent to an activating group) is 1. The van der Waals surface area contributed by atoms with Gasteiger partial charge in [0.25, 0.3) is 0 Å². The minimum atomic E-state index is -0.523. The summed E-state index contributed by atoms with van der Waals surface area (Å²) in [5.74, 6) is -0.00245. The summed E-state index contributed by atoms with van der Waals surface area (Å²) >= 11 is 1.53. The number of amides is 1. The Morgan fingerprint density at radius 3 is 2.87 bits per heavy atom. The summed E-state index contributed by atoms with van der Waals surface area (Å²) < 4.78 is 0. The van der Waals surface area contributed by atoms with E-state index in [1.807, 2.05) is 26.2 Å². The van der Waals surface area contributed by atoms with Gasteiger partial charge in [0.2, 0.25) is 5.91 Å². The van der Waals surface area contributed by atoms with E-state index in [1.54, 1.807) is 5.51 Å². The number of carbonyl (C=O) groups is 1. The highest BCUT2D eigenvalue weighted by Crippen LogP contribution is 2.04. The van der Waals surface area contributed by atoms with Crippen LogP contribution in [0.15, 0.2) is 10.9 Å². The number of thiazole rings is 1. The summed E-state index contributed by atoms with van der Waals surface area (Å²) in [5, 5.41) is 7.91. The molecule has 0 aromatic carbocycles. The molecule has 0 bridgehead atoms. The Balaban J connectivity index is 2.42. The highest BCUT2D eigenvalue weighted by Gasteiger charge is 2.25. The third-order valence-electron chi connectivity index (χ3n) is 2.10. The molecule has 4 nitrogen and oxygen atoms in total. The molecule has 84 valence electrons. The topological polar surface area (TPSA) is 54.0 Å². The molecule has 0 radical (unpaired) electrons. The molecule has 1 heterocycles. The van der Waals surface area contributed by atoms with Gasteiger partial charge >= 0.3 is 0 Å². The Labute approximate surface area is 94.1 Å². The first kappa shape index (κ1) is 12.1. The highest BCUT2D eigenvalue weighted by atomic mass is 32.1. The van der Waals surface area contributed by atoms with E-state index in [-0.39, 0.29) is 5.91 Å². The zero-order valence-corrected chi connectivity index (χ0v) is 10.1. The van der Waals surface area contributed by atoms with Crippen LogP contribution >= 0.6 is 11.3 Å². The van der Waals surface area contributed by atoms with Crippen LogP contribution in [0.5, 0.6) is 0 Å². The molecular formula is C10H17N3OS.